The van der Waals surface area contributed by atoms with Crippen LogP contribution in [0.25, 0.3) is 0 Å². The van der Waals surface area contributed by atoms with Crippen molar-refractivity contribution < 1.29 is 9.53 Å². The predicted molar refractivity (Wildman–Crippen MR) is 38.7 cm³/mol. The lowest BCUT2D eigenvalue weighted by molar-refractivity contribution is 0.111. The highest BCUT2D eigenvalue weighted by Gasteiger charge is 1.99. The molecule has 4 nitrogen and oxygen atoms in total. The van der Waals surface area contributed by atoms with Crippen LogP contribution in [0.3, 0.4) is 0 Å². The molecular weight excluding hydrogens is 144 g/mol. The van der Waals surface area contributed by atoms with E-state index in [9.17, 15) is 4.79 Å². The van der Waals surface area contributed by atoms with Crippen LogP contribution in [0.4, 0.5) is 0 Å². The first-order valence-corrected chi connectivity index (χ1v) is 3.11. The zero-order valence-corrected chi connectivity index (χ0v) is 6.37. The fourth-order valence-corrected chi connectivity index (χ4v) is 0.717. The predicted octanol–water partition coefficient (Wildman–Crippen LogP) is 0.606. The van der Waals surface area contributed by atoms with Crippen LogP contribution in [0.15, 0.2) is 6.07 Å². The molecule has 1 heterocycles. The fourth-order valence-electron chi connectivity index (χ4n) is 0.717. The number of aromatic nitrogens is 2. The van der Waals surface area contributed by atoms with Crippen molar-refractivity contribution in [3.8, 4) is 6.01 Å². The molecule has 0 spiro atoms. The number of carbonyl (C=O) groups excluding carboxylic acids is 1. The van der Waals surface area contributed by atoms with Gasteiger partial charge in [-0.05, 0) is 13.0 Å². The number of rotatable bonds is 2. The van der Waals surface area contributed by atoms with Gasteiger partial charge in [-0.1, -0.05) is 0 Å². The van der Waals surface area contributed by atoms with Gasteiger partial charge in [0.1, 0.15) is 5.69 Å². The minimum absolute atomic E-state index is 0.229. The average Bonchev–Trinajstić information content (AvgIpc) is 2.03. The van der Waals surface area contributed by atoms with Crippen LogP contribution in [0.2, 0.25) is 0 Å². The highest BCUT2D eigenvalue weighted by molar-refractivity contribution is 5.71. The van der Waals surface area contributed by atoms with Gasteiger partial charge in [-0.3, -0.25) is 4.79 Å². The summed E-state index contributed by atoms with van der Waals surface area (Å²) in [6.07, 6.45) is 0.664. The first kappa shape index (κ1) is 7.65. The van der Waals surface area contributed by atoms with E-state index in [2.05, 4.69) is 9.97 Å². The second kappa shape index (κ2) is 3.09. The van der Waals surface area contributed by atoms with Gasteiger partial charge < -0.3 is 4.74 Å². The monoisotopic (exact) mass is 152 g/mol. The van der Waals surface area contributed by atoms with Gasteiger partial charge in [0.25, 0.3) is 0 Å². The molecule has 58 valence electrons. The van der Waals surface area contributed by atoms with Crippen LogP contribution in [0, 0.1) is 6.92 Å². The summed E-state index contributed by atoms with van der Waals surface area (Å²) in [7, 11) is 1.46. The Bertz CT molecular complexity index is 273. The third-order valence-corrected chi connectivity index (χ3v) is 1.16. The molecule has 11 heavy (non-hydrogen) atoms. The van der Waals surface area contributed by atoms with Crippen molar-refractivity contribution in [2.75, 3.05) is 7.11 Å². The molecule has 0 bridgehead atoms. The van der Waals surface area contributed by atoms with Gasteiger partial charge in [0.05, 0.1) is 7.11 Å². The summed E-state index contributed by atoms with van der Waals surface area (Å²) in [5.74, 6) is 0. The lowest BCUT2D eigenvalue weighted by atomic mass is 10.3. The molecular formula is C7H8N2O2. The molecule has 1 rings (SSSR count). The summed E-state index contributed by atoms with van der Waals surface area (Å²) in [6.45, 7) is 1.78. The van der Waals surface area contributed by atoms with Crippen LogP contribution >= 0.6 is 0 Å². The number of ether oxygens (including phenoxy) is 1. The van der Waals surface area contributed by atoms with Gasteiger partial charge in [0, 0.05) is 5.69 Å². The zero-order chi connectivity index (χ0) is 8.27. The second-order valence-electron chi connectivity index (χ2n) is 2.04. The Morgan fingerprint density at radius 2 is 2.27 bits per heavy atom. The van der Waals surface area contributed by atoms with Crippen molar-refractivity contribution >= 4 is 6.29 Å². The summed E-state index contributed by atoms with van der Waals surface area (Å²) >= 11 is 0. The van der Waals surface area contributed by atoms with Crippen LogP contribution in [0.1, 0.15) is 16.2 Å². The molecule has 0 unspecified atom stereocenters. The molecule has 1 aromatic rings. The second-order valence-corrected chi connectivity index (χ2v) is 2.04. The number of hydrogen-bond donors (Lipinski definition) is 0. The summed E-state index contributed by atoms with van der Waals surface area (Å²) in [5, 5.41) is 0. The lowest BCUT2D eigenvalue weighted by Crippen LogP contribution is -1.97. The first-order chi connectivity index (χ1) is 5.26. The minimum atomic E-state index is 0.229. The number of methoxy groups -OCH3 is 1. The van der Waals surface area contributed by atoms with Crippen molar-refractivity contribution in [1.82, 2.24) is 9.97 Å². The molecule has 0 atom stereocenters. The van der Waals surface area contributed by atoms with Gasteiger partial charge in [-0.25, -0.2) is 4.98 Å². The largest absolute Gasteiger partial charge is 0.467 e. The Morgan fingerprint density at radius 3 is 2.82 bits per heavy atom. The van der Waals surface area contributed by atoms with E-state index >= 15 is 0 Å². The van der Waals surface area contributed by atoms with E-state index in [1.165, 1.54) is 7.11 Å². The Kier molecular flexibility index (Phi) is 2.15. The maximum atomic E-state index is 10.3. The van der Waals surface area contributed by atoms with Crippen LogP contribution in [0.5, 0.6) is 6.01 Å². The topological polar surface area (TPSA) is 52.1 Å². The minimum Gasteiger partial charge on any atom is -0.467 e. The Balaban J connectivity index is 3.11. The summed E-state index contributed by atoms with van der Waals surface area (Å²) < 4.78 is 4.76. The van der Waals surface area contributed by atoms with Crippen molar-refractivity contribution in [2.24, 2.45) is 0 Å². The van der Waals surface area contributed by atoms with Crippen molar-refractivity contribution in [3.63, 3.8) is 0 Å². The van der Waals surface area contributed by atoms with Gasteiger partial charge in [0.2, 0.25) is 0 Å². The van der Waals surface area contributed by atoms with Gasteiger partial charge in [-0.15, -0.1) is 0 Å². The molecule has 0 saturated carbocycles. The van der Waals surface area contributed by atoms with E-state index in [-0.39, 0.29) is 6.01 Å². The molecule has 0 aliphatic carbocycles. The van der Waals surface area contributed by atoms with Crippen molar-refractivity contribution in [2.45, 2.75) is 6.92 Å². The maximum absolute atomic E-state index is 10.3. The summed E-state index contributed by atoms with van der Waals surface area (Å²) in [6, 6.07) is 1.82. The molecule has 0 N–H and O–H groups in total. The fraction of sp³-hybridized carbons (Fsp3) is 0.286. The third kappa shape index (κ3) is 1.73. The molecule has 0 fully saturated rings. The molecule has 0 aliphatic heterocycles. The normalized spacial score (nSPS) is 9.27. The van der Waals surface area contributed by atoms with Crippen LogP contribution < -0.4 is 4.74 Å². The van der Waals surface area contributed by atoms with Crippen LogP contribution in [-0.4, -0.2) is 23.4 Å². The highest BCUT2D eigenvalue weighted by atomic mass is 16.5. The Hall–Kier alpha value is -1.45. The first-order valence-electron chi connectivity index (χ1n) is 3.11. The summed E-state index contributed by atoms with van der Waals surface area (Å²) in [4.78, 5) is 18.0. The number of carbonyl (C=O) groups is 1. The van der Waals surface area contributed by atoms with E-state index in [0.29, 0.717) is 12.0 Å². The maximum Gasteiger partial charge on any atom is 0.316 e. The van der Waals surface area contributed by atoms with E-state index in [0.717, 1.165) is 5.69 Å². The smallest absolute Gasteiger partial charge is 0.316 e. The van der Waals surface area contributed by atoms with E-state index < -0.39 is 0 Å². The Labute approximate surface area is 64.2 Å². The molecule has 0 amide bonds. The van der Waals surface area contributed by atoms with Crippen molar-refractivity contribution in [3.05, 3.63) is 17.5 Å². The number of hydrogen-bond acceptors (Lipinski definition) is 4. The summed E-state index contributed by atoms with van der Waals surface area (Å²) in [5.41, 5.74) is 1.06. The molecule has 4 heteroatoms. The quantitative estimate of drug-likeness (QED) is 0.582. The molecule has 0 radical (unpaired) electrons. The Morgan fingerprint density at radius 1 is 1.55 bits per heavy atom. The zero-order valence-electron chi connectivity index (χ0n) is 6.37. The van der Waals surface area contributed by atoms with Gasteiger partial charge in [0.15, 0.2) is 6.29 Å². The molecule has 0 aromatic carbocycles. The van der Waals surface area contributed by atoms with E-state index in [1.54, 1.807) is 13.0 Å². The van der Waals surface area contributed by atoms with E-state index in [1.807, 2.05) is 0 Å². The standard InChI is InChI=1S/C7H8N2O2/c1-5-3-6(4-10)9-7(8-5)11-2/h3-4H,1-2H3. The highest BCUT2D eigenvalue weighted by Crippen LogP contribution is 2.03. The number of aryl methyl sites for hydroxylation is 1. The molecule has 1 aromatic heterocycles. The van der Waals surface area contributed by atoms with Crippen LogP contribution in [-0.2, 0) is 0 Å². The average molecular weight is 152 g/mol. The van der Waals surface area contributed by atoms with Crippen molar-refractivity contribution in [1.29, 1.82) is 0 Å². The van der Waals surface area contributed by atoms with E-state index in [4.69, 9.17) is 4.74 Å². The third-order valence-electron chi connectivity index (χ3n) is 1.16. The molecule has 0 aliphatic rings. The number of aldehydes is 1. The SMILES string of the molecule is COc1nc(C)cc(C=O)n1. The van der Waals surface area contributed by atoms with Gasteiger partial charge in [-0.2, -0.15) is 4.98 Å². The lowest BCUT2D eigenvalue weighted by Gasteiger charge is -1.98. The number of nitrogens with zero attached hydrogens (tertiary/aromatic N) is 2. The molecule has 0 saturated heterocycles. The van der Waals surface area contributed by atoms with Gasteiger partial charge >= 0.3 is 6.01 Å².